The second-order valence-electron chi connectivity index (χ2n) is 6.20. The van der Waals surface area contributed by atoms with Crippen molar-refractivity contribution in [1.29, 1.82) is 5.26 Å². The Bertz CT molecular complexity index is 1220. The molecule has 0 unspecified atom stereocenters. The molecule has 2 heterocycles. The summed E-state index contributed by atoms with van der Waals surface area (Å²) in [7, 11) is 0. The van der Waals surface area contributed by atoms with Crippen LogP contribution in [0.2, 0.25) is 0 Å². The van der Waals surface area contributed by atoms with E-state index in [2.05, 4.69) is 23.3 Å². The molecule has 2 aromatic carbocycles. The highest BCUT2D eigenvalue weighted by Crippen LogP contribution is 2.41. The van der Waals surface area contributed by atoms with Gasteiger partial charge in [-0.25, -0.2) is 9.48 Å². The molecular weight excluding hydrogens is 370 g/mol. The fourth-order valence-corrected chi connectivity index (χ4v) is 4.48. The van der Waals surface area contributed by atoms with Crippen LogP contribution in [-0.4, -0.2) is 22.4 Å². The van der Waals surface area contributed by atoms with Crippen LogP contribution in [0.4, 0.5) is 0 Å². The van der Waals surface area contributed by atoms with Gasteiger partial charge < -0.3 is 4.74 Å². The zero-order valence-corrected chi connectivity index (χ0v) is 16.3. The van der Waals surface area contributed by atoms with Gasteiger partial charge in [-0.2, -0.15) is 10.4 Å². The summed E-state index contributed by atoms with van der Waals surface area (Å²) in [4.78, 5) is 13.4. The van der Waals surface area contributed by atoms with Gasteiger partial charge in [-0.3, -0.25) is 0 Å². The minimum absolute atomic E-state index is 0.0417. The summed E-state index contributed by atoms with van der Waals surface area (Å²) in [5.74, 6) is -0.589. The van der Waals surface area contributed by atoms with Gasteiger partial charge in [0.05, 0.1) is 17.2 Å². The fraction of sp³-hybridized carbons (Fsp3) is 0.136. The lowest BCUT2D eigenvalue weighted by atomic mass is 10.1. The number of hydrogen-bond acceptors (Lipinski definition) is 5. The van der Waals surface area contributed by atoms with Gasteiger partial charge in [0.15, 0.2) is 5.69 Å². The van der Waals surface area contributed by atoms with Gasteiger partial charge in [0.25, 0.3) is 0 Å². The second kappa shape index (κ2) is 7.29. The Morgan fingerprint density at radius 3 is 2.57 bits per heavy atom. The Kier molecular flexibility index (Phi) is 4.68. The van der Waals surface area contributed by atoms with Crippen LogP contribution in [0.15, 0.2) is 54.6 Å². The number of carbonyl (C=O) groups excluding carboxylic acids is 1. The van der Waals surface area contributed by atoms with Crippen molar-refractivity contribution >= 4 is 27.4 Å². The normalized spacial score (nSPS) is 10.8. The Morgan fingerprint density at radius 2 is 1.89 bits per heavy atom. The molecule has 0 bridgehead atoms. The molecule has 138 valence electrons. The number of hydrogen-bond donors (Lipinski definition) is 0. The zero-order valence-electron chi connectivity index (χ0n) is 15.5. The number of nitriles is 1. The molecule has 0 amide bonds. The van der Waals surface area contributed by atoms with Crippen molar-refractivity contribution in [3.8, 4) is 22.3 Å². The number of aryl methyl sites for hydroxylation is 1. The largest absolute Gasteiger partial charge is 0.461 e. The van der Waals surface area contributed by atoms with Crippen molar-refractivity contribution < 1.29 is 9.53 Å². The first kappa shape index (κ1) is 18.0. The van der Waals surface area contributed by atoms with E-state index in [4.69, 9.17) is 4.74 Å². The molecule has 6 heteroatoms. The smallest absolute Gasteiger partial charge is 0.360 e. The third-order valence-corrected chi connectivity index (χ3v) is 5.81. The highest BCUT2D eigenvalue weighted by atomic mass is 32.1. The molecule has 4 aromatic rings. The molecular formula is C22H17N3O2S. The first-order valence-corrected chi connectivity index (χ1v) is 9.71. The van der Waals surface area contributed by atoms with Gasteiger partial charge in [-0.1, -0.05) is 36.4 Å². The van der Waals surface area contributed by atoms with Crippen molar-refractivity contribution in [3.05, 3.63) is 71.4 Å². The second-order valence-corrected chi connectivity index (χ2v) is 7.26. The molecule has 4 rings (SSSR count). The van der Waals surface area contributed by atoms with Crippen LogP contribution < -0.4 is 0 Å². The monoisotopic (exact) mass is 387 g/mol. The van der Waals surface area contributed by atoms with Crippen LogP contribution in [0.25, 0.3) is 26.3 Å². The standard InChI is InChI=1S/C22H17N3O2S/c1-3-27-22(26)19-17(13-23)20(25(24-19)15-9-5-4-6-10-15)21-14(2)16-11-7-8-12-18(16)28-21/h4-12H,3H2,1-2H3. The van der Waals surface area contributed by atoms with Gasteiger partial charge in [0, 0.05) is 4.70 Å². The summed E-state index contributed by atoms with van der Waals surface area (Å²) in [6.07, 6.45) is 0. The molecule has 0 fully saturated rings. The zero-order chi connectivity index (χ0) is 19.7. The number of rotatable bonds is 4. The predicted molar refractivity (Wildman–Crippen MR) is 110 cm³/mol. The van der Waals surface area contributed by atoms with Crippen molar-refractivity contribution in [2.24, 2.45) is 0 Å². The third kappa shape index (κ3) is 2.86. The molecule has 0 aliphatic heterocycles. The maximum atomic E-state index is 12.5. The van der Waals surface area contributed by atoms with Crippen LogP contribution >= 0.6 is 11.3 Å². The van der Waals surface area contributed by atoms with E-state index in [-0.39, 0.29) is 17.9 Å². The predicted octanol–water partition coefficient (Wildman–Crippen LogP) is 5.11. The highest BCUT2D eigenvalue weighted by molar-refractivity contribution is 7.22. The van der Waals surface area contributed by atoms with E-state index < -0.39 is 5.97 Å². The Balaban J connectivity index is 2.05. The van der Waals surface area contributed by atoms with Crippen molar-refractivity contribution in [3.63, 3.8) is 0 Å². The minimum Gasteiger partial charge on any atom is -0.461 e. The molecule has 0 atom stereocenters. The maximum Gasteiger partial charge on any atom is 0.360 e. The SMILES string of the molecule is CCOC(=O)c1nn(-c2ccccc2)c(-c2sc3ccccc3c2C)c1C#N. The average Bonchev–Trinajstić information content (AvgIpc) is 3.27. The lowest BCUT2D eigenvalue weighted by Gasteiger charge is -2.07. The van der Waals surface area contributed by atoms with Gasteiger partial charge in [0.1, 0.15) is 17.3 Å². The number of para-hydroxylation sites is 1. The number of benzene rings is 2. The van der Waals surface area contributed by atoms with Gasteiger partial charge >= 0.3 is 5.97 Å². The molecule has 5 nitrogen and oxygen atoms in total. The van der Waals surface area contributed by atoms with Gasteiger partial charge in [-0.15, -0.1) is 11.3 Å². The molecule has 0 aliphatic rings. The van der Waals surface area contributed by atoms with Crippen LogP contribution in [0.1, 0.15) is 28.5 Å². The van der Waals surface area contributed by atoms with Gasteiger partial charge in [-0.05, 0) is 43.0 Å². The first-order chi connectivity index (χ1) is 13.7. The Morgan fingerprint density at radius 1 is 1.18 bits per heavy atom. The summed E-state index contributed by atoms with van der Waals surface area (Å²) in [5, 5.41) is 15.5. The fourth-order valence-electron chi connectivity index (χ4n) is 3.23. The van der Waals surface area contributed by atoms with E-state index in [1.807, 2.05) is 49.4 Å². The minimum atomic E-state index is -0.589. The lowest BCUT2D eigenvalue weighted by Crippen LogP contribution is -2.08. The van der Waals surface area contributed by atoms with Crippen molar-refractivity contribution in [2.45, 2.75) is 13.8 Å². The maximum absolute atomic E-state index is 12.5. The number of thiophene rings is 1. The Hall–Kier alpha value is -3.43. The number of nitrogens with zero attached hydrogens (tertiary/aromatic N) is 3. The van der Waals surface area contributed by atoms with Crippen LogP contribution in [-0.2, 0) is 4.74 Å². The number of carbonyl (C=O) groups is 1. The van der Waals surface area contributed by atoms with E-state index in [1.54, 1.807) is 22.9 Å². The highest BCUT2D eigenvalue weighted by Gasteiger charge is 2.28. The molecule has 28 heavy (non-hydrogen) atoms. The summed E-state index contributed by atoms with van der Waals surface area (Å²) < 4.78 is 7.93. The van der Waals surface area contributed by atoms with Crippen molar-refractivity contribution in [2.75, 3.05) is 6.61 Å². The summed E-state index contributed by atoms with van der Waals surface area (Å²) in [5.41, 5.74) is 2.73. The molecule has 0 saturated carbocycles. The van der Waals surface area contributed by atoms with Crippen molar-refractivity contribution in [1.82, 2.24) is 9.78 Å². The summed E-state index contributed by atoms with van der Waals surface area (Å²) in [6, 6.07) is 19.8. The number of fused-ring (bicyclic) bond motifs is 1. The van der Waals surface area contributed by atoms with E-state index in [0.29, 0.717) is 5.69 Å². The molecule has 0 N–H and O–H groups in total. The van der Waals surface area contributed by atoms with Gasteiger partial charge in [0.2, 0.25) is 0 Å². The average molecular weight is 387 g/mol. The van der Waals surface area contributed by atoms with E-state index in [1.165, 1.54) is 0 Å². The van der Waals surface area contributed by atoms with E-state index in [0.717, 1.165) is 26.2 Å². The molecule has 0 aliphatic carbocycles. The first-order valence-electron chi connectivity index (χ1n) is 8.89. The number of esters is 1. The van der Waals surface area contributed by atoms with E-state index in [9.17, 15) is 10.1 Å². The van der Waals surface area contributed by atoms with E-state index >= 15 is 0 Å². The Labute approximate surface area is 166 Å². The summed E-state index contributed by atoms with van der Waals surface area (Å²) >= 11 is 1.59. The molecule has 0 saturated heterocycles. The molecule has 0 radical (unpaired) electrons. The summed E-state index contributed by atoms with van der Waals surface area (Å²) in [6.45, 7) is 3.98. The molecule has 2 aromatic heterocycles. The number of aromatic nitrogens is 2. The third-order valence-electron chi connectivity index (χ3n) is 4.53. The van der Waals surface area contributed by atoms with Crippen LogP contribution in [0, 0.1) is 18.3 Å². The molecule has 0 spiro atoms. The quantitative estimate of drug-likeness (QED) is 0.456. The lowest BCUT2D eigenvalue weighted by molar-refractivity contribution is 0.0518. The number of ether oxygens (including phenoxy) is 1. The van der Waals surface area contributed by atoms with Crippen LogP contribution in [0.3, 0.4) is 0 Å². The van der Waals surface area contributed by atoms with Crippen LogP contribution in [0.5, 0.6) is 0 Å². The topological polar surface area (TPSA) is 67.9 Å².